The Balaban J connectivity index is 1.39. The third-order valence-electron chi connectivity index (χ3n) is 8.94. The van der Waals surface area contributed by atoms with Gasteiger partial charge in [0.05, 0.1) is 13.3 Å². The van der Waals surface area contributed by atoms with E-state index < -0.39 is 0 Å². The molecule has 3 aliphatic heterocycles. The monoisotopic (exact) mass is 540 g/mol. The van der Waals surface area contributed by atoms with Gasteiger partial charge in [0.2, 0.25) is 0 Å². The first kappa shape index (κ1) is 28.6. The van der Waals surface area contributed by atoms with E-state index >= 15 is 0 Å². The summed E-state index contributed by atoms with van der Waals surface area (Å²) in [5.74, 6) is 0. The molecule has 0 saturated heterocycles. The van der Waals surface area contributed by atoms with E-state index in [0.717, 1.165) is 39.5 Å². The van der Waals surface area contributed by atoms with E-state index in [4.69, 9.17) is 0 Å². The van der Waals surface area contributed by atoms with Crippen LogP contribution in [0.2, 0.25) is 0 Å². The SMILES string of the molecule is CCCCCCCc1cc2c(cc1CCCCCCC)CN1C=CN(Cc3ccccc3CN3C=CN(C2)C3)C1. The highest BCUT2D eigenvalue weighted by Crippen LogP contribution is 2.28. The van der Waals surface area contributed by atoms with Crippen molar-refractivity contribution in [2.24, 2.45) is 0 Å². The number of hydrogen-bond donors (Lipinski definition) is 0. The lowest BCUT2D eigenvalue weighted by Crippen LogP contribution is -2.29. The number of fused-ring (bicyclic) bond motifs is 6. The van der Waals surface area contributed by atoms with E-state index in [2.05, 4.69) is 94.6 Å². The van der Waals surface area contributed by atoms with Gasteiger partial charge in [0.15, 0.2) is 0 Å². The zero-order valence-corrected chi connectivity index (χ0v) is 25.3. The van der Waals surface area contributed by atoms with Crippen LogP contribution in [0, 0.1) is 0 Å². The maximum absolute atomic E-state index is 2.62. The number of unbranched alkanes of at least 4 members (excludes halogenated alkanes) is 8. The molecule has 0 spiro atoms. The third-order valence-corrected chi connectivity index (χ3v) is 8.94. The molecule has 0 atom stereocenters. The van der Waals surface area contributed by atoms with Crippen LogP contribution in [-0.2, 0) is 39.0 Å². The molecule has 0 radical (unpaired) electrons. The summed E-state index contributed by atoms with van der Waals surface area (Å²) in [5, 5.41) is 0. The maximum Gasteiger partial charge on any atom is 0.0900 e. The van der Waals surface area contributed by atoms with Gasteiger partial charge in [0.25, 0.3) is 0 Å². The summed E-state index contributed by atoms with van der Waals surface area (Å²) in [6.45, 7) is 10.5. The fourth-order valence-electron chi connectivity index (χ4n) is 6.57. The zero-order chi connectivity index (χ0) is 27.6. The Bertz CT molecular complexity index is 1050. The fraction of sp³-hybridized carbons (Fsp3) is 0.556. The molecule has 2 aromatic carbocycles. The number of nitrogens with zero attached hydrogens (tertiary/aromatic N) is 4. The van der Waals surface area contributed by atoms with E-state index in [1.54, 1.807) is 11.1 Å². The van der Waals surface area contributed by atoms with Gasteiger partial charge in [0, 0.05) is 51.0 Å². The molecule has 0 unspecified atom stereocenters. The predicted octanol–water partition coefficient (Wildman–Crippen LogP) is 8.52. The molecule has 0 N–H and O–H groups in total. The standard InChI is InChI=1S/C36H52N4/c1-3-5-7-9-11-15-31-23-35-27-39-21-19-37(29-39)25-33-17-13-14-18-34(33)26-38-20-22-40(30-38)28-36(35)24-32(31)16-12-10-8-6-4-2/h13-14,17-24H,3-12,15-16,25-30H2,1-2H3. The summed E-state index contributed by atoms with van der Waals surface area (Å²) in [4.78, 5) is 9.95. The lowest BCUT2D eigenvalue weighted by molar-refractivity contribution is 0.238. The van der Waals surface area contributed by atoms with Gasteiger partial charge in [-0.2, -0.15) is 0 Å². The van der Waals surface area contributed by atoms with Crippen LogP contribution in [0.1, 0.15) is 111 Å². The number of rotatable bonds is 12. The topological polar surface area (TPSA) is 13.0 Å². The van der Waals surface area contributed by atoms with Crippen molar-refractivity contribution in [3.05, 3.63) is 94.6 Å². The second-order valence-corrected chi connectivity index (χ2v) is 12.4. The van der Waals surface area contributed by atoms with Gasteiger partial charge in [0.1, 0.15) is 0 Å². The van der Waals surface area contributed by atoms with E-state index in [1.165, 1.54) is 99.3 Å². The predicted molar refractivity (Wildman–Crippen MR) is 168 cm³/mol. The number of aryl methyl sites for hydroxylation is 2. The summed E-state index contributed by atoms with van der Waals surface area (Å²) < 4.78 is 0. The Hall–Kier alpha value is -2.88. The first-order chi connectivity index (χ1) is 19.7. The summed E-state index contributed by atoms with van der Waals surface area (Å²) in [6, 6.07) is 14.2. The molecule has 216 valence electrons. The van der Waals surface area contributed by atoms with Crippen LogP contribution in [0.4, 0.5) is 0 Å². The van der Waals surface area contributed by atoms with E-state index in [-0.39, 0.29) is 0 Å². The van der Waals surface area contributed by atoms with Gasteiger partial charge < -0.3 is 19.6 Å². The normalized spacial score (nSPS) is 16.4. The highest BCUT2D eigenvalue weighted by atomic mass is 15.3. The molecule has 0 aromatic heterocycles. The average molecular weight is 541 g/mol. The molecule has 3 heterocycles. The summed E-state index contributed by atoms with van der Waals surface area (Å²) >= 11 is 0. The molecule has 4 nitrogen and oxygen atoms in total. The second-order valence-electron chi connectivity index (χ2n) is 12.4. The summed E-state index contributed by atoms with van der Waals surface area (Å²) in [6.07, 6.45) is 25.2. The smallest absolute Gasteiger partial charge is 0.0900 e. The first-order valence-electron chi connectivity index (χ1n) is 16.2. The van der Waals surface area contributed by atoms with Crippen molar-refractivity contribution in [1.29, 1.82) is 0 Å². The molecule has 5 rings (SSSR count). The molecule has 2 aromatic rings. The van der Waals surface area contributed by atoms with E-state index in [9.17, 15) is 0 Å². The minimum absolute atomic E-state index is 0.963. The Morgan fingerprint density at radius 1 is 0.475 bits per heavy atom. The third kappa shape index (κ3) is 7.86. The minimum Gasteiger partial charge on any atom is -0.354 e. The van der Waals surface area contributed by atoms with Gasteiger partial charge in [-0.15, -0.1) is 0 Å². The number of hydrogen-bond acceptors (Lipinski definition) is 4. The van der Waals surface area contributed by atoms with Crippen molar-refractivity contribution in [2.75, 3.05) is 13.3 Å². The molecule has 0 amide bonds. The highest BCUT2D eigenvalue weighted by molar-refractivity contribution is 5.40. The van der Waals surface area contributed by atoms with Crippen molar-refractivity contribution in [2.45, 2.75) is 117 Å². The van der Waals surface area contributed by atoms with Gasteiger partial charge in [-0.3, -0.25) is 0 Å². The molecular formula is C36H52N4. The maximum atomic E-state index is 2.62. The van der Waals surface area contributed by atoms with Crippen LogP contribution in [0.15, 0.2) is 61.2 Å². The Morgan fingerprint density at radius 3 is 1.25 bits per heavy atom. The van der Waals surface area contributed by atoms with Crippen molar-refractivity contribution in [3.8, 4) is 0 Å². The van der Waals surface area contributed by atoms with Crippen LogP contribution in [0.25, 0.3) is 0 Å². The molecule has 0 aliphatic carbocycles. The van der Waals surface area contributed by atoms with Crippen LogP contribution >= 0.6 is 0 Å². The minimum atomic E-state index is 0.963. The van der Waals surface area contributed by atoms with Crippen LogP contribution < -0.4 is 0 Å². The fourth-order valence-corrected chi connectivity index (χ4v) is 6.57. The lowest BCUT2D eigenvalue weighted by Gasteiger charge is -2.28. The largest absolute Gasteiger partial charge is 0.354 e. The summed E-state index contributed by atoms with van der Waals surface area (Å²) in [5.41, 5.74) is 9.17. The Kier molecular flexibility index (Phi) is 10.5. The molecule has 4 bridgehead atoms. The molecule has 0 saturated carbocycles. The second kappa shape index (κ2) is 14.7. The quantitative estimate of drug-likeness (QED) is 0.250. The van der Waals surface area contributed by atoms with Gasteiger partial charge in [-0.25, -0.2) is 0 Å². The molecular weight excluding hydrogens is 488 g/mol. The molecule has 3 aliphatic rings. The first-order valence-corrected chi connectivity index (χ1v) is 16.2. The van der Waals surface area contributed by atoms with Gasteiger partial charge >= 0.3 is 0 Å². The summed E-state index contributed by atoms with van der Waals surface area (Å²) in [7, 11) is 0. The van der Waals surface area contributed by atoms with Gasteiger partial charge in [-0.1, -0.05) is 102 Å². The molecule has 0 fully saturated rings. The van der Waals surface area contributed by atoms with Crippen LogP contribution in [-0.4, -0.2) is 32.9 Å². The Morgan fingerprint density at radius 2 is 0.850 bits per heavy atom. The number of benzene rings is 2. The van der Waals surface area contributed by atoms with Crippen molar-refractivity contribution < 1.29 is 0 Å². The zero-order valence-electron chi connectivity index (χ0n) is 25.3. The van der Waals surface area contributed by atoms with Crippen molar-refractivity contribution in [1.82, 2.24) is 19.6 Å². The van der Waals surface area contributed by atoms with Crippen molar-refractivity contribution in [3.63, 3.8) is 0 Å². The lowest BCUT2D eigenvalue weighted by atomic mass is 9.91. The van der Waals surface area contributed by atoms with Gasteiger partial charge in [-0.05, 0) is 59.1 Å². The van der Waals surface area contributed by atoms with E-state index in [0.29, 0.717) is 0 Å². The molecule has 40 heavy (non-hydrogen) atoms. The highest BCUT2D eigenvalue weighted by Gasteiger charge is 2.21. The van der Waals surface area contributed by atoms with Crippen LogP contribution in [0.3, 0.4) is 0 Å². The molecule has 4 heteroatoms. The van der Waals surface area contributed by atoms with Crippen molar-refractivity contribution >= 4 is 0 Å². The Labute approximate surface area is 244 Å². The van der Waals surface area contributed by atoms with Crippen LogP contribution in [0.5, 0.6) is 0 Å². The van der Waals surface area contributed by atoms with E-state index in [1.807, 2.05) is 0 Å². The average Bonchev–Trinajstić information content (AvgIpc) is 3.59.